The number of urea groups is 1. The fourth-order valence-corrected chi connectivity index (χ4v) is 4.27. The number of hydrogen-bond donors (Lipinski definition) is 1. The van der Waals surface area contributed by atoms with Gasteiger partial charge < -0.3 is 19.4 Å². The maximum Gasteiger partial charge on any atom is 0.322 e. The first-order valence-corrected chi connectivity index (χ1v) is 11.6. The molecular weight excluding hydrogens is 414 g/mol. The molecule has 0 radical (unpaired) electrons. The van der Waals surface area contributed by atoms with Crippen LogP contribution in [0.3, 0.4) is 0 Å². The zero-order valence-corrected chi connectivity index (χ0v) is 19.3. The van der Waals surface area contributed by atoms with Gasteiger partial charge in [0.1, 0.15) is 17.3 Å². The maximum absolute atomic E-state index is 13.4. The Balaban J connectivity index is 1.45. The fraction of sp³-hybridized carbons (Fsp3) is 0.370. The first kappa shape index (κ1) is 22.8. The molecule has 0 unspecified atom stereocenters. The first-order chi connectivity index (χ1) is 16.1. The van der Waals surface area contributed by atoms with Gasteiger partial charge >= 0.3 is 6.03 Å². The number of ether oxygens (including phenoxy) is 1. The molecule has 2 aromatic carbocycles. The minimum Gasteiger partial charge on any atom is -0.492 e. The molecule has 6 heteroatoms. The van der Waals surface area contributed by atoms with Gasteiger partial charge in [0.15, 0.2) is 0 Å². The van der Waals surface area contributed by atoms with E-state index in [1.807, 2.05) is 67.3 Å². The van der Waals surface area contributed by atoms with E-state index in [1.165, 1.54) is 5.56 Å². The van der Waals surface area contributed by atoms with Gasteiger partial charge in [-0.15, -0.1) is 0 Å². The van der Waals surface area contributed by atoms with Gasteiger partial charge in [0.25, 0.3) is 0 Å². The lowest BCUT2D eigenvalue weighted by atomic mass is 10.0. The predicted molar refractivity (Wildman–Crippen MR) is 128 cm³/mol. The van der Waals surface area contributed by atoms with Crippen molar-refractivity contribution in [1.82, 2.24) is 9.80 Å². The average Bonchev–Trinajstić information content (AvgIpc) is 3.25. The molecule has 6 nitrogen and oxygen atoms in total. The zero-order chi connectivity index (χ0) is 23.0. The van der Waals surface area contributed by atoms with Crippen molar-refractivity contribution in [1.29, 1.82) is 0 Å². The molecule has 2 amide bonds. The van der Waals surface area contributed by atoms with E-state index in [1.54, 1.807) is 0 Å². The number of amides is 2. The molecule has 1 aliphatic rings. The topological polar surface area (TPSA) is 58.0 Å². The number of benzene rings is 1. The zero-order valence-electron chi connectivity index (χ0n) is 19.3. The number of anilines is 1. The third-order valence-electron chi connectivity index (χ3n) is 5.94. The second-order valence-electron chi connectivity index (χ2n) is 8.35. The Bertz CT molecular complexity index is 1030. The van der Waals surface area contributed by atoms with Crippen molar-refractivity contribution >= 4 is 11.7 Å². The van der Waals surface area contributed by atoms with Gasteiger partial charge in [-0.05, 0) is 74.7 Å². The number of hydrogen-bond acceptors (Lipinski definition) is 4. The molecular formula is C27H31N3O3. The Morgan fingerprint density at radius 1 is 1.18 bits per heavy atom. The van der Waals surface area contributed by atoms with Gasteiger partial charge in [0.2, 0.25) is 0 Å². The molecule has 33 heavy (non-hydrogen) atoms. The third kappa shape index (κ3) is 6.09. The Labute approximate surface area is 196 Å². The Kier molecular flexibility index (Phi) is 7.54. The Hall–Kier alpha value is -3.43. The van der Waals surface area contributed by atoms with Gasteiger partial charge in [-0.1, -0.05) is 24.3 Å². The van der Waals surface area contributed by atoms with E-state index < -0.39 is 0 Å². The van der Waals surface area contributed by atoms with E-state index >= 15 is 0 Å². The van der Waals surface area contributed by atoms with Crippen LogP contribution >= 0.6 is 0 Å². The van der Waals surface area contributed by atoms with Crippen LogP contribution < -0.4 is 10.1 Å². The molecule has 0 aliphatic carbocycles. The monoisotopic (exact) mass is 445 g/mol. The van der Waals surface area contributed by atoms with Gasteiger partial charge in [0, 0.05) is 25.7 Å². The lowest BCUT2D eigenvalue weighted by Crippen LogP contribution is -2.48. The van der Waals surface area contributed by atoms with Crippen LogP contribution in [0.4, 0.5) is 10.5 Å². The van der Waals surface area contributed by atoms with Crippen molar-refractivity contribution in [2.45, 2.75) is 45.8 Å². The molecule has 1 saturated heterocycles. The van der Waals surface area contributed by atoms with Crippen molar-refractivity contribution in [3.63, 3.8) is 0 Å². The van der Waals surface area contributed by atoms with Crippen molar-refractivity contribution in [2.75, 3.05) is 25.0 Å². The van der Waals surface area contributed by atoms with Crippen LogP contribution in [0.5, 0.6) is 5.75 Å². The fourth-order valence-electron chi connectivity index (χ4n) is 4.27. The van der Waals surface area contributed by atoms with Gasteiger partial charge in [-0.3, -0.25) is 4.90 Å². The van der Waals surface area contributed by atoms with Crippen LogP contribution in [0.15, 0.2) is 59.0 Å². The van der Waals surface area contributed by atoms with Crippen LogP contribution in [0.1, 0.15) is 36.8 Å². The molecule has 2 heterocycles. The highest BCUT2D eigenvalue weighted by Gasteiger charge is 2.29. The molecule has 0 saturated carbocycles. The van der Waals surface area contributed by atoms with Crippen molar-refractivity contribution in [3.8, 4) is 5.75 Å². The van der Waals surface area contributed by atoms with E-state index in [0.717, 1.165) is 44.0 Å². The van der Waals surface area contributed by atoms with Gasteiger partial charge in [-0.25, -0.2) is 4.79 Å². The van der Waals surface area contributed by atoms with Crippen molar-refractivity contribution < 1.29 is 13.9 Å². The normalized spacial score (nSPS) is 14.5. The SMILES string of the molecule is CCOc1ccccc1NC(=O)N(Cc1ccc(C)o1)C1CCN(Cc2cc#ccc2)CC1. The number of nitrogens with one attached hydrogen (secondary N) is 1. The molecule has 1 N–H and O–H groups in total. The van der Waals surface area contributed by atoms with Crippen LogP contribution in [-0.2, 0) is 13.1 Å². The number of rotatable bonds is 8. The van der Waals surface area contributed by atoms with Crippen LogP contribution in [0, 0.1) is 19.1 Å². The highest BCUT2D eigenvalue weighted by atomic mass is 16.5. The molecule has 0 bridgehead atoms. The number of piperidine rings is 1. The lowest BCUT2D eigenvalue weighted by molar-refractivity contribution is 0.115. The summed E-state index contributed by atoms with van der Waals surface area (Å²) in [7, 11) is 0. The van der Waals surface area contributed by atoms with Crippen molar-refractivity contribution in [2.24, 2.45) is 0 Å². The summed E-state index contributed by atoms with van der Waals surface area (Å²) >= 11 is 0. The Morgan fingerprint density at radius 2 is 2.00 bits per heavy atom. The number of aryl methyl sites for hydroxylation is 1. The van der Waals surface area contributed by atoms with E-state index in [9.17, 15) is 4.79 Å². The molecule has 0 atom stereocenters. The highest BCUT2D eigenvalue weighted by Crippen LogP contribution is 2.26. The quantitative estimate of drug-likeness (QED) is 0.512. The highest BCUT2D eigenvalue weighted by molar-refractivity contribution is 5.91. The number of carbonyl (C=O) groups excluding carboxylic acids is 1. The summed E-state index contributed by atoms with van der Waals surface area (Å²) in [5.74, 6) is 2.31. The number of likely N-dealkylation sites (tertiary alicyclic amines) is 1. The maximum atomic E-state index is 13.4. The van der Waals surface area contributed by atoms with E-state index in [4.69, 9.17) is 9.15 Å². The lowest BCUT2D eigenvalue weighted by Gasteiger charge is -2.38. The predicted octanol–water partition coefficient (Wildman–Crippen LogP) is 5.29. The van der Waals surface area contributed by atoms with Gasteiger partial charge in [0.05, 0.1) is 18.8 Å². The number of furan rings is 1. The second-order valence-corrected chi connectivity index (χ2v) is 8.35. The number of nitrogens with zero attached hydrogens (tertiary/aromatic N) is 2. The van der Waals surface area contributed by atoms with Gasteiger partial charge in [-0.2, -0.15) is 0 Å². The van der Waals surface area contributed by atoms with Crippen LogP contribution in [0.25, 0.3) is 0 Å². The Morgan fingerprint density at radius 3 is 2.70 bits per heavy atom. The standard InChI is InChI=1S/C27H31N3O3/c1-3-32-26-12-8-7-11-25(26)28-27(31)30(20-24-14-13-21(2)33-24)23-15-17-29(18-16-23)19-22-9-5-4-6-10-22/h5,7-14,23H,3,15-20H2,1-2H3,(H,28,31). The summed E-state index contributed by atoms with van der Waals surface area (Å²) in [4.78, 5) is 17.8. The molecule has 0 spiro atoms. The minimum absolute atomic E-state index is 0.126. The largest absolute Gasteiger partial charge is 0.492 e. The molecule has 3 aromatic rings. The summed E-state index contributed by atoms with van der Waals surface area (Å²) < 4.78 is 11.5. The summed E-state index contributed by atoms with van der Waals surface area (Å²) in [6.07, 6.45) is 1.81. The van der Waals surface area contributed by atoms with E-state index in [2.05, 4.69) is 28.4 Å². The molecule has 1 aliphatic heterocycles. The second kappa shape index (κ2) is 10.9. The molecule has 4 rings (SSSR count). The minimum atomic E-state index is -0.136. The van der Waals surface area contributed by atoms with E-state index in [-0.39, 0.29) is 12.1 Å². The first-order valence-electron chi connectivity index (χ1n) is 11.6. The van der Waals surface area contributed by atoms with Crippen LogP contribution in [-0.4, -0.2) is 41.6 Å². The average molecular weight is 446 g/mol. The molecule has 1 fully saturated rings. The third-order valence-corrected chi connectivity index (χ3v) is 5.94. The summed E-state index contributed by atoms with van der Waals surface area (Å²) in [6.45, 7) is 7.58. The summed E-state index contributed by atoms with van der Waals surface area (Å²) in [5.41, 5.74) is 1.92. The molecule has 172 valence electrons. The van der Waals surface area contributed by atoms with E-state index in [0.29, 0.717) is 24.6 Å². The number of carbonyl (C=O) groups is 1. The summed E-state index contributed by atoms with van der Waals surface area (Å²) in [6, 6.07) is 23.4. The van der Waals surface area contributed by atoms with Crippen LogP contribution in [0.2, 0.25) is 0 Å². The van der Waals surface area contributed by atoms with Crippen molar-refractivity contribution in [3.05, 3.63) is 83.8 Å². The number of para-hydroxylation sites is 2. The summed E-state index contributed by atoms with van der Waals surface area (Å²) in [5, 5.41) is 3.07. The smallest absolute Gasteiger partial charge is 0.322 e. The molecule has 1 aromatic heterocycles.